The number of hydrogen-bond donors (Lipinski definition) is 0. The van der Waals surface area contributed by atoms with Crippen LogP contribution in [-0.2, 0) is 11.2 Å². The van der Waals surface area contributed by atoms with Crippen LogP contribution in [0.15, 0.2) is 75.9 Å². The van der Waals surface area contributed by atoms with Crippen LogP contribution in [0.1, 0.15) is 44.1 Å². The third-order valence-corrected chi connectivity index (χ3v) is 11.7. The van der Waals surface area contributed by atoms with Gasteiger partial charge in [-0.15, -0.1) is 0 Å². The van der Waals surface area contributed by atoms with Crippen LogP contribution in [0.25, 0.3) is 0 Å². The number of carbonyl (C=O) groups is 1. The molecule has 0 atom stereocenters. The molecule has 5 heteroatoms. The van der Waals surface area contributed by atoms with Crippen molar-refractivity contribution >= 4 is 32.3 Å². The quantitative estimate of drug-likeness (QED) is 0.509. The van der Waals surface area contributed by atoms with Crippen LogP contribution in [0.5, 0.6) is 0 Å². The van der Waals surface area contributed by atoms with Gasteiger partial charge in [0, 0.05) is 0 Å². The molecule has 34 heavy (non-hydrogen) atoms. The molecule has 4 saturated carbocycles. The molecule has 4 bridgehead atoms. The van der Waals surface area contributed by atoms with E-state index in [4.69, 9.17) is 4.99 Å². The van der Waals surface area contributed by atoms with E-state index < -0.39 is 0 Å². The monoisotopic (exact) mass is 517 g/mol. The SMILES string of the molecule is O=C1C(Cc2ccccc2)=NC2=C([Se]C34CC5CC(CC(C5)C3)C4)CN(c3ccccc3)CN12. The first kappa shape index (κ1) is 21.0. The van der Waals surface area contributed by atoms with Crippen molar-refractivity contribution in [2.75, 3.05) is 18.1 Å². The molecule has 2 heterocycles. The summed E-state index contributed by atoms with van der Waals surface area (Å²) in [5.41, 5.74) is 3.06. The van der Waals surface area contributed by atoms with E-state index in [0.29, 0.717) is 38.1 Å². The second-order valence-electron chi connectivity index (χ2n) is 11.1. The molecule has 2 aliphatic heterocycles. The van der Waals surface area contributed by atoms with Crippen molar-refractivity contribution in [2.24, 2.45) is 22.7 Å². The topological polar surface area (TPSA) is 35.9 Å². The van der Waals surface area contributed by atoms with Gasteiger partial charge in [0.25, 0.3) is 0 Å². The maximum atomic E-state index is 13.6. The zero-order valence-corrected chi connectivity index (χ0v) is 21.2. The first-order chi connectivity index (χ1) is 16.6. The fourth-order valence-corrected chi connectivity index (χ4v) is 11.6. The third kappa shape index (κ3) is 3.65. The Labute approximate surface area is 208 Å². The second-order valence-corrected chi connectivity index (χ2v) is 14.4. The zero-order chi connectivity index (χ0) is 22.7. The van der Waals surface area contributed by atoms with Crippen LogP contribution in [0.4, 0.5) is 5.69 Å². The van der Waals surface area contributed by atoms with E-state index >= 15 is 0 Å². The summed E-state index contributed by atoms with van der Waals surface area (Å²) in [5.74, 6) is 3.94. The molecule has 4 nitrogen and oxygen atoms in total. The summed E-state index contributed by atoms with van der Waals surface area (Å²) in [6.07, 6.45) is 9.27. The maximum absolute atomic E-state index is 13.6. The molecule has 2 aromatic carbocycles. The summed E-state index contributed by atoms with van der Waals surface area (Å²) in [4.78, 5) is 23.0. The van der Waals surface area contributed by atoms with Gasteiger partial charge in [-0.3, -0.25) is 0 Å². The molecular formula is C29H31N3OSe. The van der Waals surface area contributed by atoms with Crippen molar-refractivity contribution in [3.8, 4) is 0 Å². The van der Waals surface area contributed by atoms with Gasteiger partial charge in [-0.1, -0.05) is 0 Å². The van der Waals surface area contributed by atoms with Crippen molar-refractivity contribution < 1.29 is 4.79 Å². The summed E-state index contributed by atoms with van der Waals surface area (Å²) in [7, 11) is 0. The Morgan fingerprint density at radius 2 is 1.50 bits per heavy atom. The number of aliphatic imine (C=N–C) groups is 1. The standard InChI is InChI=1S/C29H31N3OSe/c33-28-25(14-20-7-3-1-4-8-20)30-27-26(18-31(19-32(27)28)24-9-5-2-6-10-24)34-29-15-21-11-22(16-29)13-23(12-21)17-29/h1-10,21-23H,11-19H2. The number of anilines is 1. The van der Waals surface area contributed by atoms with E-state index in [-0.39, 0.29) is 5.91 Å². The van der Waals surface area contributed by atoms with Gasteiger partial charge < -0.3 is 0 Å². The molecule has 6 aliphatic rings. The van der Waals surface area contributed by atoms with Gasteiger partial charge in [0.05, 0.1) is 0 Å². The molecule has 1 amide bonds. The van der Waals surface area contributed by atoms with Gasteiger partial charge in [-0.2, -0.15) is 0 Å². The molecule has 2 aromatic rings. The van der Waals surface area contributed by atoms with E-state index in [9.17, 15) is 4.79 Å². The van der Waals surface area contributed by atoms with Gasteiger partial charge in [0.15, 0.2) is 0 Å². The number of amides is 1. The Morgan fingerprint density at radius 1 is 0.882 bits per heavy atom. The van der Waals surface area contributed by atoms with Crippen molar-refractivity contribution in [3.05, 3.63) is 76.5 Å². The van der Waals surface area contributed by atoms with Crippen molar-refractivity contribution in [1.82, 2.24) is 4.90 Å². The van der Waals surface area contributed by atoms with Crippen LogP contribution in [-0.4, -0.2) is 44.7 Å². The molecule has 8 rings (SSSR count). The molecular weight excluding hydrogens is 485 g/mol. The van der Waals surface area contributed by atoms with E-state index in [1.54, 1.807) is 0 Å². The number of rotatable bonds is 5. The van der Waals surface area contributed by atoms with Crippen molar-refractivity contribution in [2.45, 2.75) is 49.3 Å². The Kier molecular flexibility index (Phi) is 5.00. The van der Waals surface area contributed by atoms with Gasteiger partial charge >= 0.3 is 209 Å². The average Bonchev–Trinajstić information content (AvgIpc) is 3.15. The molecule has 0 saturated heterocycles. The molecule has 4 fully saturated rings. The van der Waals surface area contributed by atoms with Gasteiger partial charge in [-0.05, 0) is 0 Å². The molecule has 4 aliphatic carbocycles. The van der Waals surface area contributed by atoms with Crippen molar-refractivity contribution in [3.63, 3.8) is 0 Å². The van der Waals surface area contributed by atoms with E-state index in [0.717, 1.165) is 35.7 Å². The van der Waals surface area contributed by atoms with E-state index in [1.807, 2.05) is 23.1 Å². The van der Waals surface area contributed by atoms with Gasteiger partial charge in [-0.25, -0.2) is 0 Å². The molecule has 174 valence electrons. The predicted molar refractivity (Wildman–Crippen MR) is 137 cm³/mol. The Balaban J connectivity index is 1.24. The molecule has 0 spiro atoms. The minimum atomic E-state index is 0.0956. The Morgan fingerprint density at radius 3 is 2.15 bits per heavy atom. The Bertz CT molecular complexity index is 1140. The van der Waals surface area contributed by atoms with Crippen LogP contribution in [0.3, 0.4) is 0 Å². The normalized spacial score (nSPS) is 31.8. The molecule has 0 aromatic heterocycles. The number of para-hydroxylation sites is 1. The van der Waals surface area contributed by atoms with E-state index in [1.165, 1.54) is 48.7 Å². The van der Waals surface area contributed by atoms with Crippen LogP contribution >= 0.6 is 0 Å². The van der Waals surface area contributed by atoms with Gasteiger partial charge in [0.1, 0.15) is 0 Å². The predicted octanol–water partition coefficient (Wildman–Crippen LogP) is 5.25. The average molecular weight is 517 g/mol. The fraction of sp³-hybridized carbons (Fsp3) is 0.448. The first-order valence-electron chi connectivity index (χ1n) is 12.8. The fourth-order valence-electron chi connectivity index (χ4n) is 7.51. The molecule has 0 N–H and O–H groups in total. The second kappa shape index (κ2) is 8.10. The summed E-state index contributed by atoms with van der Waals surface area (Å²) in [6.45, 7) is 1.51. The summed E-state index contributed by atoms with van der Waals surface area (Å²) >= 11 is 0.371. The first-order valence-corrected chi connectivity index (χ1v) is 14.5. The number of nitrogens with zero attached hydrogens (tertiary/aromatic N) is 3. The molecule has 0 radical (unpaired) electrons. The minimum absolute atomic E-state index is 0.0956. The third-order valence-electron chi connectivity index (χ3n) is 8.54. The molecule has 0 unspecified atom stereocenters. The summed E-state index contributed by atoms with van der Waals surface area (Å²) < 4.78 is 1.94. The Hall–Kier alpha value is -2.36. The van der Waals surface area contributed by atoms with Crippen LogP contribution < -0.4 is 4.90 Å². The van der Waals surface area contributed by atoms with Gasteiger partial charge in [0.2, 0.25) is 0 Å². The van der Waals surface area contributed by atoms with Crippen LogP contribution in [0.2, 0.25) is 4.31 Å². The summed E-state index contributed by atoms with van der Waals surface area (Å²) in [5, 5.41) is 0. The number of fused-ring (bicyclic) bond motifs is 1. The number of hydrogen-bond acceptors (Lipinski definition) is 3. The summed E-state index contributed by atoms with van der Waals surface area (Å²) in [6, 6.07) is 20.9. The van der Waals surface area contributed by atoms with Crippen molar-refractivity contribution in [1.29, 1.82) is 0 Å². The van der Waals surface area contributed by atoms with Crippen LogP contribution in [0, 0.1) is 17.8 Å². The van der Waals surface area contributed by atoms with E-state index in [2.05, 4.69) is 47.4 Å². The zero-order valence-electron chi connectivity index (χ0n) is 19.5. The number of benzene rings is 2. The number of carbonyl (C=O) groups excluding carboxylic acids is 1.